The van der Waals surface area contributed by atoms with Crippen molar-refractivity contribution < 1.29 is 17.5 Å². The van der Waals surface area contributed by atoms with Gasteiger partial charge in [0, 0.05) is 6.07 Å². The second-order valence-corrected chi connectivity index (χ2v) is 5.27. The number of benzene rings is 1. The fraction of sp³-hybridized carbons (Fsp3) is 0.300. The van der Waals surface area contributed by atoms with Crippen molar-refractivity contribution in [2.45, 2.75) is 12.2 Å². The number of nitrogens with one attached hydrogen (secondary N) is 1. The summed E-state index contributed by atoms with van der Waals surface area (Å²) < 4.78 is 43.1. The van der Waals surface area contributed by atoms with Gasteiger partial charge in [-0.25, -0.2) is 12.8 Å². The van der Waals surface area contributed by atoms with Crippen molar-refractivity contribution >= 4 is 15.7 Å². The summed E-state index contributed by atoms with van der Waals surface area (Å²) in [7, 11) is -2.51. The molecule has 0 aliphatic rings. The number of hydrogen-bond donors (Lipinski definition) is 1. The van der Waals surface area contributed by atoms with Crippen LogP contribution in [0.3, 0.4) is 0 Å². The van der Waals surface area contributed by atoms with Crippen molar-refractivity contribution in [2.24, 2.45) is 0 Å². The molecule has 1 aromatic rings. The van der Waals surface area contributed by atoms with Gasteiger partial charge in [-0.2, -0.15) is 5.26 Å². The maximum absolute atomic E-state index is 13.3. The molecule has 1 rings (SSSR count). The van der Waals surface area contributed by atoms with Crippen LogP contribution in [0, 0.1) is 17.1 Å². The minimum Gasteiger partial charge on any atom is -0.494 e. The lowest BCUT2D eigenvalue weighted by Gasteiger charge is -2.10. The first-order valence-corrected chi connectivity index (χ1v) is 6.20. The second kappa shape index (κ2) is 5.01. The van der Waals surface area contributed by atoms with Gasteiger partial charge in [-0.3, -0.25) is 4.72 Å². The fourth-order valence-corrected chi connectivity index (χ4v) is 1.82. The lowest BCUT2D eigenvalue weighted by Crippen LogP contribution is -2.23. The number of nitrogens with zero attached hydrogens (tertiary/aromatic N) is 1. The summed E-state index contributed by atoms with van der Waals surface area (Å²) in [5.74, 6) is -0.668. The molecule has 0 saturated heterocycles. The number of nitriles is 1. The molecule has 0 saturated carbocycles. The highest BCUT2D eigenvalue weighted by atomic mass is 32.2. The van der Waals surface area contributed by atoms with E-state index >= 15 is 0 Å². The van der Waals surface area contributed by atoms with E-state index in [0.29, 0.717) is 0 Å². The van der Waals surface area contributed by atoms with Crippen LogP contribution >= 0.6 is 0 Å². The number of rotatable bonds is 4. The van der Waals surface area contributed by atoms with Crippen LogP contribution < -0.4 is 9.46 Å². The van der Waals surface area contributed by atoms with Gasteiger partial charge in [0.1, 0.15) is 0 Å². The lowest BCUT2D eigenvalue weighted by molar-refractivity contribution is 0.386. The molecular weight excluding hydrogens is 247 g/mol. The molecule has 1 N–H and O–H groups in total. The molecule has 1 unspecified atom stereocenters. The minimum atomic E-state index is -3.82. The van der Waals surface area contributed by atoms with Crippen LogP contribution in [0.25, 0.3) is 0 Å². The number of ether oxygens (including phenoxy) is 1. The highest BCUT2D eigenvalue weighted by molar-refractivity contribution is 7.93. The first-order chi connectivity index (χ1) is 7.90. The van der Waals surface area contributed by atoms with Gasteiger partial charge in [-0.1, -0.05) is 0 Å². The summed E-state index contributed by atoms with van der Waals surface area (Å²) in [5, 5.41) is 7.31. The van der Waals surface area contributed by atoms with Crippen LogP contribution in [-0.4, -0.2) is 20.8 Å². The maximum atomic E-state index is 13.3. The summed E-state index contributed by atoms with van der Waals surface area (Å²) in [6.07, 6.45) is 0. The van der Waals surface area contributed by atoms with Crippen LogP contribution in [0.15, 0.2) is 18.2 Å². The van der Waals surface area contributed by atoms with Gasteiger partial charge in [0.2, 0.25) is 10.0 Å². The molecule has 0 heterocycles. The summed E-state index contributed by atoms with van der Waals surface area (Å²) in [4.78, 5) is 0. The monoisotopic (exact) mass is 258 g/mol. The molecule has 0 amide bonds. The van der Waals surface area contributed by atoms with Gasteiger partial charge < -0.3 is 4.74 Å². The van der Waals surface area contributed by atoms with Crippen molar-refractivity contribution in [3.63, 3.8) is 0 Å². The summed E-state index contributed by atoms with van der Waals surface area (Å²) in [5.41, 5.74) is 0.0467. The number of hydrogen-bond acceptors (Lipinski definition) is 4. The van der Waals surface area contributed by atoms with Crippen LogP contribution in [0.1, 0.15) is 6.92 Å². The van der Waals surface area contributed by atoms with Crippen LogP contribution in [0.5, 0.6) is 5.75 Å². The topological polar surface area (TPSA) is 79.2 Å². The van der Waals surface area contributed by atoms with E-state index in [0.717, 1.165) is 6.07 Å². The standard InChI is InChI=1S/C10H11FN2O3S/c1-7(6-12)17(14,15)13-8-3-4-10(16-2)9(11)5-8/h3-5,7,13H,1-2H3. The van der Waals surface area contributed by atoms with Gasteiger partial charge in [0.25, 0.3) is 0 Å². The Labute approximate surface area is 98.9 Å². The van der Waals surface area contributed by atoms with Gasteiger partial charge in [0.15, 0.2) is 16.8 Å². The molecule has 0 bridgehead atoms. The van der Waals surface area contributed by atoms with E-state index in [1.807, 2.05) is 0 Å². The zero-order chi connectivity index (χ0) is 13.1. The van der Waals surface area contributed by atoms with Crippen LogP contribution in [0.4, 0.5) is 10.1 Å². The summed E-state index contributed by atoms with van der Waals surface area (Å²) in [6.45, 7) is 1.24. The SMILES string of the molecule is COc1ccc(NS(=O)(=O)C(C)C#N)cc1F. The molecule has 0 aliphatic carbocycles. The Kier molecular flexibility index (Phi) is 3.91. The first-order valence-electron chi connectivity index (χ1n) is 4.65. The Hall–Kier alpha value is -1.81. The molecule has 0 fully saturated rings. The summed E-state index contributed by atoms with van der Waals surface area (Å²) >= 11 is 0. The molecule has 17 heavy (non-hydrogen) atoms. The van der Waals surface area contributed by atoms with Crippen molar-refractivity contribution in [3.8, 4) is 11.8 Å². The van der Waals surface area contributed by atoms with Gasteiger partial charge in [-0.15, -0.1) is 0 Å². The molecule has 1 atom stereocenters. The molecule has 0 radical (unpaired) electrons. The predicted octanol–water partition coefficient (Wildman–Crippen LogP) is 1.49. The molecule has 92 valence electrons. The highest BCUT2D eigenvalue weighted by Crippen LogP contribution is 2.21. The molecular formula is C10H11FN2O3S. The molecule has 0 aromatic heterocycles. The van der Waals surface area contributed by atoms with E-state index < -0.39 is 21.1 Å². The third-order valence-corrected chi connectivity index (χ3v) is 3.62. The quantitative estimate of drug-likeness (QED) is 0.887. The Morgan fingerprint density at radius 2 is 2.18 bits per heavy atom. The molecule has 0 aliphatic heterocycles. The minimum absolute atomic E-state index is 0.0151. The van der Waals surface area contributed by atoms with E-state index in [2.05, 4.69) is 4.72 Å². The molecule has 1 aromatic carbocycles. The van der Waals surface area contributed by atoms with Crippen LogP contribution in [-0.2, 0) is 10.0 Å². The molecule has 0 spiro atoms. The number of methoxy groups -OCH3 is 1. The Bertz CT molecular complexity index is 551. The fourth-order valence-electron chi connectivity index (χ4n) is 1.05. The van der Waals surface area contributed by atoms with Crippen molar-refractivity contribution in [1.29, 1.82) is 5.26 Å². The van der Waals surface area contributed by atoms with E-state index in [-0.39, 0.29) is 11.4 Å². The van der Waals surface area contributed by atoms with E-state index in [9.17, 15) is 12.8 Å². The van der Waals surface area contributed by atoms with E-state index in [1.54, 1.807) is 6.07 Å². The van der Waals surface area contributed by atoms with E-state index in [4.69, 9.17) is 10.00 Å². The zero-order valence-corrected chi connectivity index (χ0v) is 10.1. The molecule has 7 heteroatoms. The average Bonchev–Trinajstić information content (AvgIpc) is 2.27. The van der Waals surface area contributed by atoms with Crippen molar-refractivity contribution in [3.05, 3.63) is 24.0 Å². The predicted molar refractivity (Wildman–Crippen MR) is 60.6 cm³/mol. The Morgan fingerprint density at radius 3 is 2.65 bits per heavy atom. The highest BCUT2D eigenvalue weighted by Gasteiger charge is 2.20. The van der Waals surface area contributed by atoms with Crippen LogP contribution in [0.2, 0.25) is 0 Å². The lowest BCUT2D eigenvalue weighted by atomic mass is 10.3. The first kappa shape index (κ1) is 13.3. The van der Waals surface area contributed by atoms with Crippen molar-refractivity contribution in [2.75, 3.05) is 11.8 Å². The van der Waals surface area contributed by atoms with Gasteiger partial charge in [0.05, 0.1) is 18.9 Å². The Morgan fingerprint density at radius 1 is 1.53 bits per heavy atom. The summed E-state index contributed by atoms with van der Waals surface area (Å²) in [6, 6.07) is 5.23. The molecule has 5 nitrogen and oxygen atoms in total. The largest absolute Gasteiger partial charge is 0.494 e. The third-order valence-electron chi connectivity index (χ3n) is 2.06. The van der Waals surface area contributed by atoms with Crippen molar-refractivity contribution in [1.82, 2.24) is 0 Å². The van der Waals surface area contributed by atoms with Gasteiger partial charge in [-0.05, 0) is 19.1 Å². The maximum Gasteiger partial charge on any atom is 0.248 e. The number of sulfonamides is 1. The van der Waals surface area contributed by atoms with E-state index in [1.165, 1.54) is 26.2 Å². The van der Waals surface area contributed by atoms with Gasteiger partial charge >= 0.3 is 0 Å². The zero-order valence-electron chi connectivity index (χ0n) is 9.27. The third kappa shape index (κ3) is 3.07. The smallest absolute Gasteiger partial charge is 0.248 e. The Balaban J connectivity index is 2.98. The second-order valence-electron chi connectivity index (χ2n) is 3.27. The average molecular weight is 258 g/mol. The normalized spacial score (nSPS) is 12.6. The number of halogens is 1. The number of anilines is 1.